The lowest BCUT2D eigenvalue weighted by atomic mass is 9.97. The van der Waals surface area contributed by atoms with E-state index in [1.807, 2.05) is 18.2 Å². The second-order valence-electron chi connectivity index (χ2n) is 12.2. The minimum absolute atomic E-state index is 0.839. The number of fused-ring (bicyclic) bond motifs is 14. The van der Waals surface area contributed by atoms with Crippen LogP contribution in [-0.4, -0.2) is 18.9 Å². The van der Waals surface area contributed by atoms with Gasteiger partial charge in [-0.2, -0.15) is 0 Å². The number of para-hydroxylation sites is 3. The van der Waals surface area contributed by atoms with E-state index in [1.54, 1.807) is 0 Å². The van der Waals surface area contributed by atoms with Gasteiger partial charge in [-0.3, -0.25) is 8.97 Å². The molecule has 4 aromatic heterocycles. The van der Waals surface area contributed by atoms with Crippen molar-refractivity contribution in [3.05, 3.63) is 146 Å². The summed E-state index contributed by atoms with van der Waals surface area (Å²) in [6.07, 6.45) is 0. The fourth-order valence-electron chi connectivity index (χ4n) is 7.58. The Labute approximate surface area is 267 Å². The second kappa shape index (κ2) is 9.05. The first-order valence-corrected chi connectivity index (χ1v) is 15.8. The van der Waals surface area contributed by atoms with Crippen LogP contribution in [-0.2, 0) is 0 Å². The first-order valence-electron chi connectivity index (χ1n) is 15.8. The number of imidazole rings is 2. The average Bonchev–Trinajstić information content (AvgIpc) is 3.79. The van der Waals surface area contributed by atoms with Crippen molar-refractivity contribution >= 4 is 82.2 Å². The molecular formula is C42H24N4O. The maximum atomic E-state index is 6.12. The minimum Gasteiger partial charge on any atom is -0.456 e. The van der Waals surface area contributed by atoms with Crippen LogP contribution in [0.2, 0.25) is 0 Å². The highest BCUT2D eigenvalue weighted by molar-refractivity contribution is 6.24. The molecule has 0 bridgehead atoms. The number of pyridine rings is 1. The van der Waals surface area contributed by atoms with Gasteiger partial charge in [0.25, 0.3) is 0 Å². The van der Waals surface area contributed by atoms with E-state index >= 15 is 0 Å². The third-order valence-corrected chi connectivity index (χ3v) is 9.71. The number of hydrogen-bond donors (Lipinski definition) is 0. The molecule has 4 heterocycles. The van der Waals surface area contributed by atoms with E-state index < -0.39 is 0 Å². The van der Waals surface area contributed by atoms with E-state index in [0.717, 1.165) is 83.0 Å². The van der Waals surface area contributed by atoms with Crippen molar-refractivity contribution in [3.63, 3.8) is 0 Å². The van der Waals surface area contributed by atoms with E-state index in [9.17, 15) is 0 Å². The van der Waals surface area contributed by atoms with Crippen LogP contribution in [0.1, 0.15) is 0 Å². The fraction of sp³-hybridized carbons (Fsp3) is 0. The van der Waals surface area contributed by atoms with Crippen molar-refractivity contribution in [1.29, 1.82) is 0 Å². The molecule has 0 aliphatic heterocycles. The Morgan fingerprint density at radius 3 is 1.91 bits per heavy atom. The van der Waals surface area contributed by atoms with Crippen LogP contribution in [0, 0.1) is 0 Å². The zero-order valence-corrected chi connectivity index (χ0v) is 25.1. The van der Waals surface area contributed by atoms with Gasteiger partial charge in [0.2, 0.25) is 5.78 Å². The second-order valence-corrected chi connectivity index (χ2v) is 12.2. The highest BCUT2D eigenvalue weighted by atomic mass is 16.3. The summed E-state index contributed by atoms with van der Waals surface area (Å²) in [6.45, 7) is 0. The number of furan rings is 1. The van der Waals surface area contributed by atoms with Gasteiger partial charge in [-0.05, 0) is 81.9 Å². The van der Waals surface area contributed by atoms with E-state index in [0.29, 0.717) is 0 Å². The fourth-order valence-corrected chi connectivity index (χ4v) is 7.58. The van der Waals surface area contributed by atoms with Crippen LogP contribution in [0.15, 0.2) is 150 Å². The number of benzene rings is 7. The smallest absolute Gasteiger partial charge is 0.221 e. The zero-order chi connectivity index (χ0) is 30.6. The van der Waals surface area contributed by atoms with Gasteiger partial charge >= 0.3 is 0 Å². The first kappa shape index (κ1) is 24.8. The lowest BCUT2D eigenvalue weighted by Gasteiger charge is -2.12. The summed E-state index contributed by atoms with van der Waals surface area (Å²) in [5.74, 6) is 1.68. The minimum atomic E-state index is 0.839. The highest BCUT2D eigenvalue weighted by Crippen LogP contribution is 2.38. The summed E-state index contributed by atoms with van der Waals surface area (Å²) in [5.41, 5.74) is 9.20. The molecule has 5 heteroatoms. The van der Waals surface area contributed by atoms with Crippen molar-refractivity contribution in [2.45, 2.75) is 0 Å². The summed E-state index contributed by atoms with van der Waals surface area (Å²) in [4.78, 5) is 10.6. The zero-order valence-electron chi connectivity index (χ0n) is 25.1. The summed E-state index contributed by atoms with van der Waals surface area (Å²) in [7, 11) is 0. The molecule has 0 amide bonds. The molecule has 0 radical (unpaired) electrons. The van der Waals surface area contributed by atoms with Gasteiger partial charge in [0.1, 0.15) is 17.0 Å². The molecule has 218 valence electrons. The first-order chi connectivity index (χ1) is 23.3. The number of rotatable bonds is 2. The lowest BCUT2D eigenvalue weighted by molar-refractivity contribution is 0.669. The normalized spacial score (nSPS) is 12.3. The van der Waals surface area contributed by atoms with E-state index in [1.165, 1.54) is 16.2 Å². The Balaban J connectivity index is 1.20. The molecule has 0 unspecified atom stereocenters. The molecule has 11 aromatic rings. The molecule has 5 nitrogen and oxygen atoms in total. The highest BCUT2D eigenvalue weighted by Gasteiger charge is 2.20. The summed E-state index contributed by atoms with van der Waals surface area (Å²) in [6, 6.07) is 51.3. The molecule has 0 saturated carbocycles. The monoisotopic (exact) mass is 600 g/mol. The number of nitrogens with zero attached hydrogens (tertiary/aromatic N) is 4. The largest absolute Gasteiger partial charge is 0.456 e. The molecule has 0 fully saturated rings. The molecule has 0 aliphatic carbocycles. The maximum Gasteiger partial charge on any atom is 0.221 e. The van der Waals surface area contributed by atoms with Crippen molar-refractivity contribution in [1.82, 2.24) is 18.9 Å². The summed E-state index contributed by atoms with van der Waals surface area (Å²) >= 11 is 0. The summed E-state index contributed by atoms with van der Waals surface area (Å²) < 4.78 is 10.6. The standard InChI is InChI=1S/C42H24N4O/c1-2-11-29-27(9-1)28-10-3-4-13-31(28)41-32(29)19-22-40(44-41)46-36-20-17-26(24-37(36)45-35-15-7-6-14-34(35)43-42(45)46)25-18-21-39-33(23-25)30-12-5-8-16-38(30)47-39/h1-24H. The van der Waals surface area contributed by atoms with Crippen molar-refractivity contribution in [2.24, 2.45) is 0 Å². The van der Waals surface area contributed by atoms with Gasteiger partial charge in [-0.25, -0.2) is 9.97 Å². The predicted molar refractivity (Wildman–Crippen MR) is 193 cm³/mol. The molecule has 0 N–H and O–H groups in total. The van der Waals surface area contributed by atoms with Crippen LogP contribution in [0.5, 0.6) is 0 Å². The topological polar surface area (TPSA) is 48.3 Å². The van der Waals surface area contributed by atoms with E-state index in [2.05, 4.69) is 136 Å². The molecule has 0 spiro atoms. The van der Waals surface area contributed by atoms with Gasteiger partial charge in [0.15, 0.2) is 0 Å². The van der Waals surface area contributed by atoms with E-state index in [-0.39, 0.29) is 0 Å². The molecule has 47 heavy (non-hydrogen) atoms. The molecule has 11 rings (SSSR count). The molecule has 0 atom stereocenters. The predicted octanol–water partition coefficient (Wildman–Crippen LogP) is 10.9. The third-order valence-electron chi connectivity index (χ3n) is 9.71. The Morgan fingerprint density at radius 1 is 0.426 bits per heavy atom. The third kappa shape index (κ3) is 3.37. The van der Waals surface area contributed by atoms with Crippen LogP contribution in [0.3, 0.4) is 0 Å². The SMILES string of the molecule is c1ccc2c(c1)nc1n(-c3ccc4c5ccccc5c5ccccc5c4n3)c3ccc(-c4ccc5oc6ccccc6c5c4)cc3n21. The van der Waals surface area contributed by atoms with Crippen LogP contribution >= 0.6 is 0 Å². The number of hydrogen-bond acceptors (Lipinski definition) is 3. The lowest BCUT2D eigenvalue weighted by Crippen LogP contribution is -1.99. The number of aromatic nitrogens is 4. The average molecular weight is 601 g/mol. The maximum absolute atomic E-state index is 6.12. The Morgan fingerprint density at radius 2 is 1.06 bits per heavy atom. The van der Waals surface area contributed by atoms with Gasteiger partial charge in [-0.1, -0.05) is 91.0 Å². The molecule has 7 aromatic carbocycles. The van der Waals surface area contributed by atoms with Crippen LogP contribution < -0.4 is 0 Å². The summed E-state index contributed by atoms with van der Waals surface area (Å²) in [5, 5.41) is 8.20. The van der Waals surface area contributed by atoms with Crippen LogP contribution in [0.4, 0.5) is 0 Å². The van der Waals surface area contributed by atoms with Crippen molar-refractivity contribution in [2.75, 3.05) is 0 Å². The molecule has 0 saturated heterocycles. The Kier molecular flexibility index (Phi) is 4.78. The van der Waals surface area contributed by atoms with Crippen molar-refractivity contribution < 1.29 is 4.42 Å². The molecular weight excluding hydrogens is 576 g/mol. The van der Waals surface area contributed by atoms with Gasteiger partial charge in [0, 0.05) is 21.5 Å². The quantitative estimate of drug-likeness (QED) is 0.186. The Bertz CT molecular complexity index is 3050. The van der Waals surface area contributed by atoms with Gasteiger partial charge in [0.05, 0.1) is 27.6 Å². The van der Waals surface area contributed by atoms with Gasteiger partial charge < -0.3 is 4.42 Å². The van der Waals surface area contributed by atoms with E-state index in [4.69, 9.17) is 14.4 Å². The van der Waals surface area contributed by atoms with Gasteiger partial charge in [-0.15, -0.1) is 0 Å². The van der Waals surface area contributed by atoms with Crippen molar-refractivity contribution in [3.8, 4) is 16.9 Å². The molecule has 0 aliphatic rings. The van der Waals surface area contributed by atoms with Crippen LogP contribution in [0.25, 0.3) is 99.2 Å². The Hall–Kier alpha value is -6.46.